The molecule has 3 atom stereocenters. The van der Waals surface area contributed by atoms with E-state index in [2.05, 4.69) is 33.9 Å². The van der Waals surface area contributed by atoms with Gasteiger partial charge in [0.25, 0.3) is 0 Å². The van der Waals surface area contributed by atoms with E-state index in [1.165, 1.54) is 53.4 Å². The summed E-state index contributed by atoms with van der Waals surface area (Å²) in [5.41, 5.74) is 1.57. The van der Waals surface area contributed by atoms with Crippen molar-refractivity contribution in [3.63, 3.8) is 0 Å². The minimum atomic E-state index is -2.23. The number of phenols is 1. The predicted molar refractivity (Wildman–Crippen MR) is 145 cm³/mol. The first kappa shape index (κ1) is 27.9. The quantitative estimate of drug-likeness (QED) is 0.232. The number of nitrogens with zero attached hydrogens (tertiary/aromatic N) is 1. The first-order chi connectivity index (χ1) is 17.8. The third-order valence-corrected chi connectivity index (χ3v) is 12.3. The Labute approximate surface area is 223 Å². The van der Waals surface area contributed by atoms with Gasteiger partial charge in [0.05, 0.1) is 18.1 Å². The Morgan fingerprint density at radius 3 is 2.08 bits per heavy atom. The van der Waals surface area contributed by atoms with Crippen LogP contribution in [0.25, 0.3) is 0 Å². The van der Waals surface area contributed by atoms with Gasteiger partial charge in [0.1, 0.15) is 23.2 Å². The molecule has 1 saturated heterocycles. The van der Waals surface area contributed by atoms with Gasteiger partial charge in [0.15, 0.2) is 8.32 Å². The van der Waals surface area contributed by atoms with E-state index in [-0.39, 0.29) is 34.2 Å². The minimum Gasteiger partial charge on any atom is -0.508 e. The lowest BCUT2D eigenvalue weighted by molar-refractivity contribution is -0.131. The Hall–Kier alpha value is -3.10. The Morgan fingerprint density at radius 2 is 1.53 bits per heavy atom. The standard InChI is InChI=1S/C30H34F3NO3Si/c1-30(2,3)38(4,5)37-27(19-6-8-20(31)9-7-19)17-16-25-28(24-15-14-23(35)18-26(24)33)34(29(25)36)22-12-10-21(32)11-13-22/h6-15,18,25,27-28,35H,16-17H2,1-5H3/t25-,27+,28-/m1/s1. The summed E-state index contributed by atoms with van der Waals surface area (Å²) in [5.74, 6) is -2.35. The van der Waals surface area contributed by atoms with Crippen LogP contribution in [0.15, 0.2) is 66.7 Å². The molecular formula is C30H34F3NO3Si. The average Bonchev–Trinajstić information content (AvgIpc) is 2.83. The van der Waals surface area contributed by atoms with Crippen LogP contribution in [0.4, 0.5) is 18.9 Å². The van der Waals surface area contributed by atoms with Crippen LogP contribution in [0.3, 0.4) is 0 Å². The van der Waals surface area contributed by atoms with E-state index in [0.717, 1.165) is 11.6 Å². The third kappa shape index (κ3) is 5.66. The zero-order valence-corrected chi connectivity index (χ0v) is 23.3. The van der Waals surface area contributed by atoms with Crippen molar-refractivity contribution in [3.05, 3.63) is 95.3 Å². The molecule has 0 radical (unpaired) electrons. The zero-order valence-electron chi connectivity index (χ0n) is 22.3. The largest absolute Gasteiger partial charge is 0.508 e. The number of amides is 1. The van der Waals surface area contributed by atoms with Crippen molar-refractivity contribution < 1.29 is 27.5 Å². The Balaban J connectivity index is 1.64. The van der Waals surface area contributed by atoms with Gasteiger partial charge in [-0.3, -0.25) is 4.79 Å². The molecule has 4 nitrogen and oxygen atoms in total. The summed E-state index contributed by atoms with van der Waals surface area (Å²) in [6, 6.07) is 15.0. The number of aromatic hydroxyl groups is 1. The maximum atomic E-state index is 15.0. The van der Waals surface area contributed by atoms with Gasteiger partial charge >= 0.3 is 0 Å². The summed E-state index contributed by atoms with van der Waals surface area (Å²) < 4.78 is 49.0. The van der Waals surface area contributed by atoms with Crippen LogP contribution in [0.1, 0.15) is 56.9 Å². The molecular weight excluding hydrogens is 507 g/mol. The number of anilines is 1. The van der Waals surface area contributed by atoms with Crippen molar-refractivity contribution in [1.82, 2.24) is 0 Å². The van der Waals surface area contributed by atoms with Crippen molar-refractivity contribution in [2.45, 2.75) is 63.9 Å². The summed E-state index contributed by atoms with van der Waals surface area (Å²) in [6.07, 6.45) is 0.509. The molecule has 3 aromatic rings. The van der Waals surface area contributed by atoms with E-state index < -0.39 is 31.9 Å². The van der Waals surface area contributed by atoms with Crippen LogP contribution in [-0.2, 0) is 9.22 Å². The number of carbonyl (C=O) groups is 1. The number of benzene rings is 3. The second kappa shape index (κ2) is 10.6. The van der Waals surface area contributed by atoms with Gasteiger partial charge in [0.2, 0.25) is 5.91 Å². The molecule has 0 bridgehead atoms. The molecule has 3 aromatic carbocycles. The highest BCUT2D eigenvalue weighted by atomic mass is 28.4. The number of rotatable bonds is 8. The van der Waals surface area contributed by atoms with Crippen LogP contribution in [0, 0.1) is 23.4 Å². The minimum absolute atomic E-state index is 0.0609. The molecule has 1 aliphatic rings. The van der Waals surface area contributed by atoms with E-state index >= 15 is 4.39 Å². The molecule has 38 heavy (non-hydrogen) atoms. The molecule has 8 heteroatoms. The maximum Gasteiger partial charge on any atom is 0.233 e. The van der Waals surface area contributed by atoms with E-state index in [9.17, 15) is 18.7 Å². The van der Waals surface area contributed by atoms with Crippen molar-refractivity contribution >= 4 is 19.9 Å². The van der Waals surface area contributed by atoms with E-state index in [1.807, 2.05) is 0 Å². The molecule has 202 valence electrons. The summed E-state index contributed by atoms with van der Waals surface area (Å²) in [4.78, 5) is 14.9. The molecule has 0 aliphatic carbocycles. The SMILES string of the molecule is CC(C)(C)[Si](C)(C)O[C@@H](CC[C@H]1C(=O)N(c2ccc(F)cc2)[C@@H]1c1ccc(O)cc1F)c1ccc(F)cc1. The van der Waals surface area contributed by atoms with Crippen molar-refractivity contribution in [2.24, 2.45) is 5.92 Å². The molecule has 0 aromatic heterocycles. The summed E-state index contributed by atoms with van der Waals surface area (Å²) in [6.45, 7) is 10.7. The first-order valence-electron chi connectivity index (χ1n) is 12.8. The first-order valence-corrected chi connectivity index (χ1v) is 15.7. The van der Waals surface area contributed by atoms with Crippen LogP contribution in [0.2, 0.25) is 18.1 Å². The van der Waals surface area contributed by atoms with Crippen LogP contribution in [-0.4, -0.2) is 19.3 Å². The maximum absolute atomic E-state index is 15.0. The van der Waals surface area contributed by atoms with Crippen molar-refractivity contribution in [1.29, 1.82) is 0 Å². The van der Waals surface area contributed by atoms with E-state index in [0.29, 0.717) is 18.5 Å². The smallest absolute Gasteiger partial charge is 0.233 e. The van der Waals surface area contributed by atoms with Gasteiger partial charge in [-0.1, -0.05) is 39.0 Å². The Bertz CT molecular complexity index is 1290. The molecule has 0 saturated carbocycles. The number of halogens is 3. The molecule has 1 aliphatic heterocycles. The molecule has 1 heterocycles. The second-order valence-corrected chi connectivity index (χ2v) is 16.2. The topological polar surface area (TPSA) is 49.8 Å². The lowest BCUT2D eigenvalue weighted by atomic mass is 9.78. The van der Waals surface area contributed by atoms with Crippen molar-refractivity contribution in [3.8, 4) is 5.75 Å². The highest BCUT2D eigenvalue weighted by Crippen LogP contribution is 2.48. The van der Waals surface area contributed by atoms with Gasteiger partial charge in [0, 0.05) is 17.3 Å². The molecule has 1 N–H and O–H groups in total. The number of carbonyl (C=O) groups excluding carboxylic acids is 1. The fourth-order valence-corrected chi connectivity index (χ4v) is 5.98. The normalized spacial score (nSPS) is 18.8. The highest BCUT2D eigenvalue weighted by molar-refractivity contribution is 6.74. The number of hydrogen-bond donors (Lipinski definition) is 1. The lowest BCUT2D eigenvalue weighted by Gasteiger charge is -2.48. The summed E-state index contributed by atoms with van der Waals surface area (Å²) in [7, 11) is -2.23. The zero-order chi connectivity index (χ0) is 27.8. The summed E-state index contributed by atoms with van der Waals surface area (Å²) >= 11 is 0. The van der Waals surface area contributed by atoms with Crippen molar-refractivity contribution in [2.75, 3.05) is 4.90 Å². The summed E-state index contributed by atoms with van der Waals surface area (Å²) in [5, 5.41) is 9.67. The fraction of sp³-hybridized carbons (Fsp3) is 0.367. The fourth-order valence-electron chi connectivity index (χ4n) is 4.67. The molecule has 1 amide bonds. The highest BCUT2D eigenvalue weighted by Gasteiger charge is 2.50. The van der Waals surface area contributed by atoms with Crippen LogP contribution < -0.4 is 4.90 Å². The Morgan fingerprint density at radius 1 is 0.947 bits per heavy atom. The number of hydrogen-bond acceptors (Lipinski definition) is 3. The molecule has 0 spiro atoms. The monoisotopic (exact) mass is 541 g/mol. The predicted octanol–water partition coefficient (Wildman–Crippen LogP) is 8.06. The lowest BCUT2D eigenvalue weighted by Crippen LogP contribution is -2.55. The van der Waals surface area contributed by atoms with Crippen LogP contribution in [0.5, 0.6) is 5.75 Å². The number of β-lactam (4-membered cyclic amide) rings is 1. The van der Waals surface area contributed by atoms with Gasteiger partial charge in [-0.05, 0) is 79.0 Å². The van der Waals surface area contributed by atoms with Gasteiger partial charge < -0.3 is 14.4 Å². The molecule has 1 fully saturated rings. The number of phenolic OH excluding ortho intramolecular Hbond substituents is 1. The van der Waals surface area contributed by atoms with Gasteiger partial charge in [-0.15, -0.1) is 0 Å². The van der Waals surface area contributed by atoms with Gasteiger partial charge in [-0.2, -0.15) is 0 Å². The molecule has 0 unspecified atom stereocenters. The van der Waals surface area contributed by atoms with Crippen LogP contribution >= 0.6 is 0 Å². The molecule has 4 rings (SSSR count). The second-order valence-electron chi connectivity index (χ2n) is 11.4. The third-order valence-electron chi connectivity index (χ3n) is 7.85. The Kier molecular flexibility index (Phi) is 7.77. The van der Waals surface area contributed by atoms with E-state index in [1.54, 1.807) is 12.1 Å². The average molecular weight is 542 g/mol. The van der Waals surface area contributed by atoms with E-state index in [4.69, 9.17) is 4.43 Å². The van der Waals surface area contributed by atoms with Gasteiger partial charge in [-0.25, -0.2) is 13.2 Å².